The molecule has 1 N–H and O–H groups in total. The molecule has 0 bridgehead atoms. The van der Waals surface area contributed by atoms with Gasteiger partial charge in [0.1, 0.15) is 5.69 Å². The van der Waals surface area contributed by atoms with E-state index in [1.807, 2.05) is 0 Å². The van der Waals surface area contributed by atoms with Crippen LogP contribution in [0.5, 0.6) is 17.2 Å². The fraction of sp³-hybridized carbons (Fsp3) is 0.368. The maximum absolute atomic E-state index is 12.9. The van der Waals surface area contributed by atoms with Gasteiger partial charge in [-0.1, -0.05) is 0 Å². The molecule has 1 aliphatic rings. The van der Waals surface area contributed by atoms with E-state index in [4.69, 9.17) is 14.2 Å². The van der Waals surface area contributed by atoms with Gasteiger partial charge >= 0.3 is 0 Å². The minimum atomic E-state index is -0.106. The second kappa shape index (κ2) is 7.82. The Balaban J connectivity index is 1.55. The number of nitrogens with zero attached hydrogens (tertiary/aromatic N) is 5. The first kappa shape index (κ1) is 18.8. The van der Waals surface area contributed by atoms with Crippen LogP contribution < -0.4 is 14.2 Å². The standard InChI is InChI=1S/C19H22N6O4/c1-27-16-8-12(9-17(28-2)18(16)29-3)14-10-15(23-22-14)19(26)24-7-4-13(11-24)25-20-5-6-21-25/h5-6,8-10,13H,4,7,11H2,1-3H3,(H,22,23)/t13-/m0/s1. The molecule has 3 heterocycles. The zero-order valence-electron chi connectivity index (χ0n) is 16.5. The van der Waals surface area contributed by atoms with Crippen LogP contribution in [0.2, 0.25) is 0 Å². The highest BCUT2D eigenvalue weighted by Gasteiger charge is 2.30. The van der Waals surface area contributed by atoms with E-state index in [0.717, 1.165) is 12.0 Å². The number of ether oxygens (including phenoxy) is 3. The fourth-order valence-corrected chi connectivity index (χ4v) is 3.51. The van der Waals surface area contributed by atoms with Crippen LogP contribution >= 0.6 is 0 Å². The van der Waals surface area contributed by atoms with Crippen molar-refractivity contribution in [2.45, 2.75) is 12.5 Å². The molecule has 1 atom stereocenters. The van der Waals surface area contributed by atoms with E-state index in [-0.39, 0.29) is 11.9 Å². The summed E-state index contributed by atoms with van der Waals surface area (Å²) in [4.78, 5) is 16.3. The number of aromatic amines is 1. The van der Waals surface area contributed by atoms with Gasteiger partial charge in [0, 0.05) is 18.7 Å². The summed E-state index contributed by atoms with van der Waals surface area (Å²) < 4.78 is 16.1. The Hall–Kier alpha value is -3.56. The number of benzene rings is 1. The molecular weight excluding hydrogens is 376 g/mol. The van der Waals surface area contributed by atoms with Crippen LogP contribution in [-0.4, -0.2) is 70.4 Å². The van der Waals surface area contributed by atoms with Crippen LogP contribution in [0.15, 0.2) is 30.6 Å². The number of H-pyrrole nitrogens is 1. The van der Waals surface area contributed by atoms with Crippen molar-refractivity contribution >= 4 is 5.91 Å². The first-order valence-electron chi connectivity index (χ1n) is 9.15. The van der Waals surface area contributed by atoms with Crippen LogP contribution in [0.4, 0.5) is 0 Å². The topological polar surface area (TPSA) is 107 Å². The van der Waals surface area contributed by atoms with E-state index < -0.39 is 0 Å². The lowest BCUT2D eigenvalue weighted by molar-refractivity contribution is 0.0780. The van der Waals surface area contributed by atoms with Crippen molar-refractivity contribution in [1.82, 2.24) is 30.1 Å². The van der Waals surface area contributed by atoms with Crippen molar-refractivity contribution in [3.05, 3.63) is 36.3 Å². The average molecular weight is 398 g/mol. The first-order chi connectivity index (χ1) is 14.1. The van der Waals surface area contributed by atoms with Crippen LogP contribution in [0.3, 0.4) is 0 Å². The molecule has 2 aromatic heterocycles. The van der Waals surface area contributed by atoms with Gasteiger partial charge in [0.05, 0.1) is 45.5 Å². The van der Waals surface area contributed by atoms with Crippen LogP contribution in [0, 0.1) is 0 Å². The minimum Gasteiger partial charge on any atom is -0.493 e. The van der Waals surface area contributed by atoms with Gasteiger partial charge in [-0.25, -0.2) is 0 Å². The number of nitrogens with one attached hydrogen (secondary N) is 1. The summed E-state index contributed by atoms with van der Waals surface area (Å²) in [7, 11) is 4.66. The molecule has 29 heavy (non-hydrogen) atoms. The quantitative estimate of drug-likeness (QED) is 0.674. The summed E-state index contributed by atoms with van der Waals surface area (Å²) in [5.74, 6) is 1.44. The lowest BCUT2D eigenvalue weighted by atomic mass is 10.1. The number of aromatic nitrogens is 5. The molecule has 4 rings (SSSR count). The Labute approximate surface area is 167 Å². The van der Waals surface area contributed by atoms with Gasteiger partial charge in [-0.15, -0.1) is 0 Å². The molecule has 1 aromatic carbocycles. The first-order valence-corrected chi connectivity index (χ1v) is 9.15. The summed E-state index contributed by atoms with van der Waals surface area (Å²) in [6, 6.07) is 5.40. The van der Waals surface area contributed by atoms with Gasteiger partial charge in [0.15, 0.2) is 11.5 Å². The summed E-state index contributed by atoms with van der Waals surface area (Å²) >= 11 is 0. The lowest BCUT2D eigenvalue weighted by Gasteiger charge is -2.15. The highest BCUT2D eigenvalue weighted by molar-refractivity contribution is 5.93. The smallest absolute Gasteiger partial charge is 0.271 e. The minimum absolute atomic E-state index is 0.0893. The molecule has 1 aliphatic heterocycles. The molecule has 10 nitrogen and oxygen atoms in total. The number of carbonyl (C=O) groups is 1. The van der Waals surface area contributed by atoms with E-state index in [2.05, 4.69) is 20.4 Å². The van der Waals surface area contributed by atoms with Gasteiger partial charge in [-0.05, 0) is 24.6 Å². The molecule has 1 amide bonds. The Morgan fingerprint density at radius 3 is 2.38 bits per heavy atom. The van der Waals surface area contributed by atoms with E-state index >= 15 is 0 Å². The molecule has 0 spiro atoms. The van der Waals surface area contributed by atoms with Crippen molar-refractivity contribution in [3.63, 3.8) is 0 Å². The largest absolute Gasteiger partial charge is 0.493 e. The number of carbonyl (C=O) groups excluding carboxylic acids is 1. The van der Waals surface area contributed by atoms with Gasteiger partial charge in [-0.3, -0.25) is 9.89 Å². The Kier molecular flexibility index (Phi) is 5.07. The molecule has 152 valence electrons. The van der Waals surface area contributed by atoms with Gasteiger partial charge in [0.25, 0.3) is 5.91 Å². The highest BCUT2D eigenvalue weighted by Crippen LogP contribution is 2.40. The molecule has 0 aliphatic carbocycles. The number of hydrogen-bond acceptors (Lipinski definition) is 7. The van der Waals surface area contributed by atoms with Crippen molar-refractivity contribution < 1.29 is 19.0 Å². The SMILES string of the molecule is COc1cc(-c2cc(C(=O)N3CC[C@H](n4nccn4)C3)[nH]n2)cc(OC)c1OC. The predicted molar refractivity (Wildman–Crippen MR) is 103 cm³/mol. The number of amides is 1. The molecule has 1 fully saturated rings. The van der Waals surface area contributed by atoms with Gasteiger partial charge in [-0.2, -0.15) is 20.1 Å². The number of hydrogen-bond donors (Lipinski definition) is 1. The monoisotopic (exact) mass is 398 g/mol. The Morgan fingerprint density at radius 2 is 1.76 bits per heavy atom. The maximum atomic E-state index is 12.9. The lowest BCUT2D eigenvalue weighted by Crippen LogP contribution is -2.29. The summed E-state index contributed by atoms with van der Waals surface area (Å²) in [6.45, 7) is 1.20. The normalized spacial score (nSPS) is 16.1. The molecule has 3 aromatic rings. The summed E-state index contributed by atoms with van der Waals surface area (Å²) in [5, 5.41) is 15.5. The van der Waals surface area contributed by atoms with Crippen molar-refractivity contribution in [3.8, 4) is 28.5 Å². The fourth-order valence-electron chi connectivity index (χ4n) is 3.51. The molecule has 10 heteroatoms. The van der Waals surface area contributed by atoms with Gasteiger partial charge in [0.2, 0.25) is 5.75 Å². The van der Waals surface area contributed by atoms with Crippen molar-refractivity contribution in [1.29, 1.82) is 0 Å². The van der Waals surface area contributed by atoms with Crippen LogP contribution in [0.1, 0.15) is 23.0 Å². The summed E-state index contributed by atoms with van der Waals surface area (Å²) in [5.41, 5.74) is 1.77. The maximum Gasteiger partial charge on any atom is 0.271 e. The van der Waals surface area contributed by atoms with E-state index in [9.17, 15) is 4.79 Å². The third-order valence-electron chi connectivity index (χ3n) is 4.98. The van der Waals surface area contributed by atoms with Crippen LogP contribution in [0.25, 0.3) is 11.3 Å². The zero-order chi connectivity index (χ0) is 20.4. The number of methoxy groups -OCH3 is 3. The molecular formula is C19H22N6O4. The predicted octanol–water partition coefficient (Wildman–Crippen LogP) is 1.78. The molecule has 0 radical (unpaired) electrons. The Bertz CT molecular complexity index is 975. The highest BCUT2D eigenvalue weighted by atomic mass is 16.5. The Morgan fingerprint density at radius 1 is 1.07 bits per heavy atom. The third-order valence-corrected chi connectivity index (χ3v) is 4.98. The van der Waals surface area contributed by atoms with E-state index in [1.54, 1.807) is 61.6 Å². The second-order valence-electron chi connectivity index (χ2n) is 6.62. The average Bonchev–Trinajstić information content (AvgIpc) is 3.52. The van der Waals surface area contributed by atoms with Crippen molar-refractivity contribution in [2.75, 3.05) is 34.4 Å². The van der Waals surface area contributed by atoms with Crippen molar-refractivity contribution in [2.24, 2.45) is 0 Å². The molecule has 0 saturated carbocycles. The van der Waals surface area contributed by atoms with E-state index in [0.29, 0.717) is 41.7 Å². The summed E-state index contributed by atoms with van der Waals surface area (Å²) in [6.07, 6.45) is 4.10. The van der Waals surface area contributed by atoms with E-state index in [1.165, 1.54) is 0 Å². The van der Waals surface area contributed by atoms with Crippen LogP contribution in [-0.2, 0) is 0 Å². The number of likely N-dealkylation sites (tertiary alicyclic amines) is 1. The molecule has 0 unspecified atom stereocenters. The van der Waals surface area contributed by atoms with Gasteiger partial charge < -0.3 is 19.1 Å². The number of rotatable bonds is 6. The second-order valence-corrected chi connectivity index (χ2v) is 6.62. The third kappa shape index (κ3) is 3.48. The zero-order valence-corrected chi connectivity index (χ0v) is 16.5. The molecule has 1 saturated heterocycles.